The minimum absolute atomic E-state index is 0.363. The number of amides is 1. The standard InChI is InChI=1S/C22H32N2O2/c1-26-20-12-8-17(9-13-20)15-23(19-10-11-19)16-22(25)24-14-4-6-18-5-2-3-7-21(18)24/h8-9,12-13,18-19,21H,2-7,10-11,14-16H2,1H3/t18-,21+/m0/s1. The van der Waals surface area contributed by atoms with Crippen molar-refractivity contribution in [2.24, 2.45) is 5.92 Å². The molecule has 1 heterocycles. The first-order chi connectivity index (χ1) is 12.7. The maximum absolute atomic E-state index is 13.2. The van der Waals surface area contributed by atoms with Gasteiger partial charge in [0.2, 0.25) is 5.91 Å². The van der Waals surface area contributed by atoms with Crippen LogP contribution in [0.1, 0.15) is 56.9 Å². The summed E-state index contributed by atoms with van der Waals surface area (Å²) in [5, 5.41) is 0. The van der Waals surface area contributed by atoms with E-state index in [1.54, 1.807) is 7.11 Å². The van der Waals surface area contributed by atoms with Crippen LogP contribution in [0.25, 0.3) is 0 Å². The lowest BCUT2D eigenvalue weighted by Crippen LogP contribution is -2.52. The van der Waals surface area contributed by atoms with Gasteiger partial charge < -0.3 is 9.64 Å². The monoisotopic (exact) mass is 356 g/mol. The first-order valence-electron chi connectivity index (χ1n) is 10.4. The topological polar surface area (TPSA) is 32.8 Å². The lowest BCUT2D eigenvalue weighted by atomic mass is 9.78. The average Bonchev–Trinajstić information content (AvgIpc) is 3.53. The van der Waals surface area contributed by atoms with Crippen LogP contribution < -0.4 is 4.74 Å². The van der Waals surface area contributed by atoms with E-state index >= 15 is 0 Å². The van der Waals surface area contributed by atoms with Crippen LogP contribution in [0, 0.1) is 5.92 Å². The van der Waals surface area contributed by atoms with Crippen molar-refractivity contribution in [1.29, 1.82) is 0 Å². The van der Waals surface area contributed by atoms with Crippen molar-refractivity contribution in [2.75, 3.05) is 20.2 Å². The SMILES string of the molecule is COc1ccc(CN(CC(=O)N2CCC[C@@H]3CCCC[C@H]32)C2CC2)cc1. The molecule has 1 aromatic rings. The van der Waals surface area contributed by atoms with Gasteiger partial charge in [-0.3, -0.25) is 9.69 Å². The van der Waals surface area contributed by atoms with Gasteiger partial charge in [0.15, 0.2) is 0 Å². The smallest absolute Gasteiger partial charge is 0.237 e. The predicted molar refractivity (Wildman–Crippen MR) is 103 cm³/mol. The quantitative estimate of drug-likeness (QED) is 0.776. The molecule has 2 aliphatic carbocycles. The summed E-state index contributed by atoms with van der Waals surface area (Å²) in [7, 11) is 1.70. The minimum Gasteiger partial charge on any atom is -0.497 e. The number of carbonyl (C=O) groups excluding carboxylic acids is 1. The highest BCUT2D eigenvalue weighted by Crippen LogP contribution is 2.36. The van der Waals surface area contributed by atoms with Gasteiger partial charge in [0.05, 0.1) is 13.7 Å². The van der Waals surface area contributed by atoms with E-state index in [-0.39, 0.29) is 0 Å². The Morgan fingerprint density at radius 1 is 1.08 bits per heavy atom. The van der Waals surface area contributed by atoms with E-state index in [1.807, 2.05) is 12.1 Å². The highest BCUT2D eigenvalue weighted by molar-refractivity contribution is 5.79. The van der Waals surface area contributed by atoms with Gasteiger partial charge in [-0.2, -0.15) is 0 Å². The molecule has 0 N–H and O–H groups in total. The van der Waals surface area contributed by atoms with Crippen LogP contribution in [0.4, 0.5) is 0 Å². The molecule has 2 atom stereocenters. The van der Waals surface area contributed by atoms with E-state index in [0.717, 1.165) is 24.8 Å². The summed E-state index contributed by atoms with van der Waals surface area (Å²) in [6.07, 6.45) is 10.2. The number of nitrogens with zero attached hydrogens (tertiary/aromatic N) is 2. The average molecular weight is 357 g/mol. The highest BCUT2D eigenvalue weighted by Gasteiger charge is 2.37. The van der Waals surface area contributed by atoms with Gasteiger partial charge in [-0.15, -0.1) is 0 Å². The molecule has 0 spiro atoms. The molecule has 0 unspecified atom stereocenters. The van der Waals surface area contributed by atoms with Crippen LogP contribution in [0.3, 0.4) is 0 Å². The fourth-order valence-electron chi connectivity index (χ4n) is 4.92. The first kappa shape index (κ1) is 17.8. The van der Waals surface area contributed by atoms with Gasteiger partial charge in [0.1, 0.15) is 5.75 Å². The number of piperidine rings is 1. The van der Waals surface area contributed by atoms with E-state index in [1.165, 1.54) is 56.9 Å². The third-order valence-corrected chi connectivity index (χ3v) is 6.51. The van der Waals surface area contributed by atoms with Crippen molar-refractivity contribution in [3.05, 3.63) is 29.8 Å². The van der Waals surface area contributed by atoms with E-state index in [4.69, 9.17) is 4.74 Å². The molecule has 1 saturated heterocycles. The Morgan fingerprint density at radius 3 is 2.54 bits per heavy atom. The number of benzene rings is 1. The minimum atomic E-state index is 0.363. The number of rotatable bonds is 6. The number of ether oxygens (including phenoxy) is 1. The second-order valence-corrected chi connectivity index (χ2v) is 8.33. The molecular weight excluding hydrogens is 324 g/mol. The summed E-state index contributed by atoms with van der Waals surface area (Å²) in [5.41, 5.74) is 1.26. The number of hydrogen-bond donors (Lipinski definition) is 0. The highest BCUT2D eigenvalue weighted by atomic mass is 16.5. The lowest BCUT2D eigenvalue weighted by Gasteiger charge is -2.44. The summed E-state index contributed by atoms with van der Waals surface area (Å²) in [6, 6.07) is 9.38. The number of likely N-dealkylation sites (tertiary alicyclic amines) is 1. The van der Waals surface area contributed by atoms with Crippen molar-refractivity contribution in [3.63, 3.8) is 0 Å². The van der Waals surface area contributed by atoms with Gasteiger partial charge in [0.25, 0.3) is 0 Å². The molecule has 4 heteroatoms. The third-order valence-electron chi connectivity index (χ3n) is 6.51. The molecule has 1 amide bonds. The zero-order chi connectivity index (χ0) is 17.9. The van der Waals surface area contributed by atoms with Gasteiger partial charge in [0, 0.05) is 25.2 Å². The van der Waals surface area contributed by atoms with Gasteiger partial charge in [-0.05, 0) is 62.1 Å². The molecule has 0 bridgehead atoms. The maximum atomic E-state index is 13.2. The fraction of sp³-hybridized carbons (Fsp3) is 0.682. The van der Waals surface area contributed by atoms with Crippen molar-refractivity contribution in [3.8, 4) is 5.75 Å². The Bertz CT molecular complexity index is 609. The molecule has 3 aliphatic rings. The van der Waals surface area contributed by atoms with Gasteiger partial charge in [-0.1, -0.05) is 25.0 Å². The zero-order valence-electron chi connectivity index (χ0n) is 16.0. The molecule has 1 aliphatic heterocycles. The van der Waals surface area contributed by atoms with E-state index < -0.39 is 0 Å². The molecule has 0 aromatic heterocycles. The molecule has 26 heavy (non-hydrogen) atoms. The van der Waals surface area contributed by atoms with Crippen molar-refractivity contribution in [1.82, 2.24) is 9.80 Å². The molecule has 4 nitrogen and oxygen atoms in total. The van der Waals surface area contributed by atoms with Gasteiger partial charge >= 0.3 is 0 Å². The lowest BCUT2D eigenvalue weighted by molar-refractivity contribution is -0.139. The Hall–Kier alpha value is -1.55. The molecular formula is C22H32N2O2. The molecule has 4 rings (SSSR count). The fourth-order valence-corrected chi connectivity index (χ4v) is 4.92. The molecule has 3 fully saturated rings. The van der Waals surface area contributed by atoms with E-state index in [2.05, 4.69) is 21.9 Å². The summed E-state index contributed by atoms with van der Waals surface area (Å²) in [6.45, 7) is 2.42. The van der Waals surface area contributed by atoms with Gasteiger partial charge in [-0.25, -0.2) is 0 Å². The van der Waals surface area contributed by atoms with Crippen LogP contribution in [-0.4, -0.2) is 48.0 Å². The van der Waals surface area contributed by atoms with Crippen molar-refractivity contribution in [2.45, 2.75) is 70.0 Å². The normalized spacial score (nSPS) is 25.8. The van der Waals surface area contributed by atoms with Crippen LogP contribution in [0.15, 0.2) is 24.3 Å². The summed E-state index contributed by atoms with van der Waals surface area (Å²) < 4.78 is 5.25. The number of hydrogen-bond acceptors (Lipinski definition) is 3. The Morgan fingerprint density at radius 2 is 1.81 bits per heavy atom. The van der Waals surface area contributed by atoms with Crippen LogP contribution in [0.5, 0.6) is 5.75 Å². The summed E-state index contributed by atoms with van der Waals surface area (Å²) in [5.74, 6) is 2.01. The molecule has 142 valence electrons. The van der Waals surface area contributed by atoms with E-state index in [0.29, 0.717) is 24.5 Å². The first-order valence-corrected chi connectivity index (χ1v) is 10.4. The second kappa shape index (κ2) is 7.99. The van der Waals surface area contributed by atoms with Crippen LogP contribution in [-0.2, 0) is 11.3 Å². The number of carbonyl (C=O) groups is 1. The maximum Gasteiger partial charge on any atom is 0.237 e. The Labute approximate surface area is 157 Å². The third kappa shape index (κ3) is 4.06. The van der Waals surface area contributed by atoms with Crippen LogP contribution >= 0.6 is 0 Å². The summed E-state index contributed by atoms with van der Waals surface area (Å²) >= 11 is 0. The van der Waals surface area contributed by atoms with Crippen LogP contribution in [0.2, 0.25) is 0 Å². The molecule has 0 radical (unpaired) electrons. The zero-order valence-corrected chi connectivity index (χ0v) is 16.0. The summed E-state index contributed by atoms with van der Waals surface area (Å²) in [4.78, 5) is 17.8. The van der Waals surface area contributed by atoms with E-state index in [9.17, 15) is 4.79 Å². The predicted octanol–water partition coefficient (Wildman–Crippen LogP) is 3.84. The second-order valence-electron chi connectivity index (χ2n) is 8.33. The number of methoxy groups -OCH3 is 1. The molecule has 1 aromatic carbocycles. The molecule has 2 saturated carbocycles. The van der Waals surface area contributed by atoms with Crippen molar-refractivity contribution >= 4 is 5.91 Å². The Balaban J connectivity index is 1.40. The Kier molecular flexibility index (Phi) is 5.49. The van der Waals surface area contributed by atoms with Crippen molar-refractivity contribution < 1.29 is 9.53 Å². The largest absolute Gasteiger partial charge is 0.497 e. The number of fused-ring (bicyclic) bond motifs is 1.